The Morgan fingerprint density at radius 2 is 1.87 bits per heavy atom. The van der Waals surface area contributed by atoms with Crippen LogP contribution in [0.25, 0.3) is 22.2 Å². The van der Waals surface area contributed by atoms with Crippen LogP contribution in [0.3, 0.4) is 0 Å². The molecule has 0 aliphatic rings. The number of benzene rings is 3. The highest BCUT2D eigenvalue weighted by atomic mass is 32.2. The predicted molar refractivity (Wildman–Crippen MR) is 122 cm³/mol. The van der Waals surface area contributed by atoms with Crippen molar-refractivity contribution in [3.8, 4) is 17.0 Å². The minimum absolute atomic E-state index is 0.253. The standard InChI is InChI=1S/C24H20N2O3S/c1-30-26-20-8-5-17(6-9-20)22-11-7-18-14-21(10-12-23(18)25-22)29-15-16-3-2-4-19(13-16)24(27)28/h2-14,26H,15H2,1H3,(H,27,28). The van der Waals surface area contributed by atoms with Crippen molar-refractivity contribution in [1.29, 1.82) is 0 Å². The third-order valence-electron chi connectivity index (χ3n) is 4.64. The zero-order valence-electron chi connectivity index (χ0n) is 16.3. The fraction of sp³-hybridized carbons (Fsp3) is 0.0833. The molecule has 30 heavy (non-hydrogen) atoms. The molecule has 0 radical (unpaired) electrons. The van der Waals surface area contributed by atoms with E-state index in [9.17, 15) is 4.79 Å². The van der Waals surface area contributed by atoms with Crippen LogP contribution in [0.5, 0.6) is 5.75 Å². The molecule has 0 spiro atoms. The third-order valence-corrected chi connectivity index (χ3v) is 5.08. The van der Waals surface area contributed by atoms with Crippen molar-refractivity contribution in [2.24, 2.45) is 0 Å². The number of ether oxygens (including phenoxy) is 1. The molecular weight excluding hydrogens is 396 g/mol. The van der Waals surface area contributed by atoms with Gasteiger partial charge in [0, 0.05) is 22.9 Å². The summed E-state index contributed by atoms with van der Waals surface area (Å²) in [6.45, 7) is 0.300. The smallest absolute Gasteiger partial charge is 0.335 e. The van der Waals surface area contributed by atoms with E-state index < -0.39 is 5.97 Å². The molecular formula is C24H20N2O3S. The lowest BCUT2D eigenvalue weighted by molar-refractivity contribution is 0.0696. The molecule has 0 aliphatic carbocycles. The zero-order chi connectivity index (χ0) is 20.9. The van der Waals surface area contributed by atoms with Crippen LogP contribution in [0.2, 0.25) is 0 Å². The van der Waals surface area contributed by atoms with Gasteiger partial charge in [0.15, 0.2) is 0 Å². The van der Waals surface area contributed by atoms with E-state index in [0.717, 1.165) is 33.4 Å². The van der Waals surface area contributed by atoms with Gasteiger partial charge in [-0.3, -0.25) is 0 Å². The Labute approximate surface area is 178 Å². The molecule has 0 fully saturated rings. The van der Waals surface area contributed by atoms with Crippen LogP contribution < -0.4 is 9.46 Å². The number of hydrogen-bond donors (Lipinski definition) is 2. The average molecular weight is 417 g/mol. The molecule has 3 aromatic carbocycles. The number of carboxylic acids is 1. The zero-order valence-corrected chi connectivity index (χ0v) is 17.1. The van der Waals surface area contributed by atoms with Gasteiger partial charge in [0.05, 0.1) is 16.8 Å². The summed E-state index contributed by atoms with van der Waals surface area (Å²) >= 11 is 1.56. The largest absolute Gasteiger partial charge is 0.489 e. The van der Waals surface area contributed by atoms with E-state index in [1.807, 2.05) is 54.8 Å². The molecule has 6 heteroatoms. The van der Waals surface area contributed by atoms with E-state index in [1.54, 1.807) is 30.1 Å². The van der Waals surface area contributed by atoms with Gasteiger partial charge in [-0.05, 0) is 54.1 Å². The van der Waals surface area contributed by atoms with Gasteiger partial charge < -0.3 is 14.6 Å². The maximum Gasteiger partial charge on any atom is 0.335 e. The highest BCUT2D eigenvalue weighted by Crippen LogP contribution is 2.26. The maximum atomic E-state index is 11.1. The van der Waals surface area contributed by atoms with Crippen molar-refractivity contribution in [2.75, 3.05) is 11.0 Å². The van der Waals surface area contributed by atoms with Gasteiger partial charge in [-0.25, -0.2) is 9.78 Å². The van der Waals surface area contributed by atoms with E-state index in [0.29, 0.717) is 12.4 Å². The second-order valence-corrected chi connectivity index (χ2v) is 7.34. The van der Waals surface area contributed by atoms with Crippen molar-refractivity contribution in [3.63, 3.8) is 0 Å². The number of carbonyl (C=O) groups is 1. The normalized spacial score (nSPS) is 10.7. The molecule has 4 aromatic rings. The number of hydrogen-bond acceptors (Lipinski definition) is 5. The molecule has 0 amide bonds. The number of aromatic nitrogens is 1. The first kappa shape index (κ1) is 19.8. The molecule has 150 valence electrons. The van der Waals surface area contributed by atoms with Crippen LogP contribution in [0.1, 0.15) is 15.9 Å². The Morgan fingerprint density at radius 1 is 1.03 bits per heavy atom. The van der Waals surface area contributed by atoms with E-state index in [-0.39, 0.29) is 5.56 Å². The van der Waals surface area contributed by atoms with Gasteiger partial charge in [-0.15, -0.1) is 0 Å². The summed E-state index contributed by atoms with van der Waals surface area (Å²) in [4.78, 5) is 15.9. The second-order valence-electron chi connectivity index (χ2n) is 6.73. The van der Waals surface area contributed by atoms with Crippen LogP contribution in [-0.2, 0) is 6.61 Å². The summed E-state index contributed by atoms with van der Waals surface area (Å²) in [6, 6.07) is 24.7. The molecule has 0 saturated heterocycles. The first-order valence-corrected chi connectivity index (χ1v) is 10.6. The predicted octanol–water partition coefficient (Wildman–Crippen LogP) is 5.87. The highest BCUT2D eigenvalue weighted by Gasteiger charge is 2.06. The molecule has 0 aliphatic heterocycles. The van der Waals surface area contributed by atoms with Crippen LogP contribution in [0.4, 0.5) is 5.69 Å². The Kier molecular flexibility index (Phi) is 5.86. The first-order chi connectivity index (χ1) is 14.6. The van der Waals surface area contributed by atoms with Gasteiger partial charge in [0.2, 0.25) is 0 Å². The fourth-order valence-electron chi connectivity index (χ4n) is 3.14. The van der Waals surface area contributed by atoms with E-state index in [4.69, 9.17) is 14.8 Å². The topological polar surface area (TPSA) is 71.5 Å². The molecule has 1 aromatic heterocycles. The van der Waals surface area contributed by atoms with Crippen molar-refractivity contribution in [2.45, 2.75) is 6.61 Å². The first-order valence-electron chi connectivity index (χ1n) is 9.38. The Bertz CT molecular complexity index is 1190. The van der Waals surface area contributed by atoms with Crippen molar-refractivity contribution >= 4 is 34.5 Å². The van der Waals surface area contributed by atoms with Crippen molar-refractivity contribution in [1.82, 2.24) is 4.98 Å². The van der Waals surface area contributed by atoms with Gasteiger partial charge in [0.1, 0.15) is 12.4 Å². The third kappa shape index (κ3) is 4.55. The van der Waals surface area contributed by atoms with Crippen molar-refractivity contribution in [3.05, 3.63) is 90.0 Å². The van der Waals surface area contributed by atoms with Crippen LogP contribution in [0, 0.1) is 0 Å². The quantitative estimate of drug-likeness (QED) is 0.367. The van der Waals surface area contributed by atoms with Gasteiger partial charge in [0.25, 0.3) is 0 Å². The van der Waals surface area contributed by atoms with Crippen LogP contribution in [-0.4, -0.2) is 22.3 Å². The molecule has 0 saturated carbocycles. The number of pyridine rings is 1. The molecule has 1 heterocycles. The summed E-state index contributed by atoms with van der Waals surface area (Å²) < 4.78 is 9.06. The number of aromatic carboxylic acids is 1. The Hall–Kier alpha value is -3.51. The Morgan fingerprint density at radius 3 is 2.63 bits per heavy atom. The van der Waals surface area contributed by atoms with Crippen LogP contribution in [0.15, 0.2) is 78.9 Å². The van der Waals surface area contributed by atoms with Gasteiger partial charge in [-0.2, -0.15) is 0 Å². The molecule has 5 nitrogen and oxygen atoms in total. The lowest BCUT2D eigenvalue weighted by Gasteiger charge is -2.09. The van der Waals surface area contributed by atoms with E-state index >= 15 is 0 Å². The van der Waals surface area contributed by atoms with Gasteiger partial charge in [-0.1, -0.05) is 42.3 Å². The number of anilines is 1. The SMILES string of the molecule is CSNc1ccc(-c2ccc3cc(OCc4cccc(C(=O)O)c4)ccc3n2)cc1. The van der Waals surface area contributed by atoms with Crippen LogP contribution >= 0.6 is 11.9 Å². The summed E-state index contributed by atoms with van der Waals surface area (Å²) in [5.41, 5.74) is 4.98. The number of nitrogens with one attached hydrogen (secondary N) is 1. The Balaban J connectivity index is 1.50. The number of rotatable bonds is 7. The lowest BCUT2D eigenvalue weighted by atomic mass is 10.1. The van der Waals surface area contributed by atoms with E-state index in [2.05, 4.69) is 16.9 Å². The molecule has 0 bridgehead atoms. The number of carboxylic acid groups (broad SMARTS) is 1. The summed E-state index contributed by atoms with van der Waals surface area (Å²) in [6.07, 6.45) is 1.99. The minimum Gasteiger partial charge on any atom is -0.489 e. The summed E-state index contributed by atoms with van der Waals surface area (Å²) in [7, 11) is 0. The van der Waals surface area contributed by atoms with Crippen molar-refractivity contribution < 1.29 is 14.6 Å². The summed E-state index contributed by atoms with van der Waals surface area (Å²) in [5, 5.41) is 10.1. The van der Waals surface area contributed by atoms with E-state index in [1.165, 1.54) is 0 Å². The monoisotopic (exact) mass is 416 g/mol. The highest BCUT2D eigenvalue weighted by molar-refractivity contribution is 7.99. The average Bonchev–Trinajstić information content (AvgIpc) is 2.78. The second kappa shape index (κ2) is 8.88. The molecule has 0 atom stereocenters. The summed E-state index contributed by atoms with van der Waals surface area (Å²) in [5.74, 6) is -0.232. The fourth-order valence-corrected chi connectivity index (χ4v) is 3.51. The molecule has 4 rings (SSSR count). The molecule has 2 N–H and O–H groups in total. The number of fused-ring (bicyclic) bond motifs is 1. The lowest BCUT2D eigenvalue weighted by Crippen LogP contribution is -2.00. The van der Waals surface area contributed by atoms with Gasteiger partial charge >= 0.3 is 5.97 Å². The maximum absolute atomic E-state index is 11.1. The molecule has 0 unspecified atom stereocenters. The minimum atomic E-state index is -0.945. The number of nitrogens with zero attached hydrogens (tertiary/aromatic N) is 1.